The lowest BCUT2D eigenvalue weighted by molar-refractivity contribution is 0.177. The molecule has 6 heteroatoms. The van der Waals surface area contributed by atoms with Crippen molar-refractivity contribution in [2.45, 2.75) is 31.7 Å². The molecule has 2 heterocycles. The van der Waals surface area contributed by atoms with Crippen LogP contribution in [0.2, 0.25) is 0 Å². The number of hydrogen-bond donors (Lipinski definition) is 2. The van der Waals surface area contributed by atoms with Crippen molar-refractivity contribution < 1.29 is 5.11 Å². The summed E-state index contributed by atoms with van der Waals surface area (Å²) < 4.78 is 4.27. The van der Waals surface area contributed by atoms with E-state index in [9.17, 15) is 5.11 Å². The molecule has 1 aliphatic heterocycles. The summed E-state index contributed by atoms with van der Waals surface area (Å²) >= 11 is 1.42. The maximum Gasteiger partial charge on any atom is 0.205 e. The van der Waals surface area contributed by atoms with E-state index in [1.807, 2.05) is 6.92 Å². The molecule has 1 aliphatic rings. The second kappa shape index (κ2) is 4.65. The molecule has 16 heavy (non-hydrogen) atoms. The Morgan fingerprint density at radius 3 is 3.06 bits per heavy atom. The molecule has 0 aromatic carbocycles. The van der Waals surface area contributed by atoms with Crippen molar-refractivity contribution in [3.63, 3.8) is 0 Å². The number of aliphatic hydroxyl groups excluding tert-OH is 1. The van der Waals surface area contributed by atoms with Gasteiger partial charge in [0.15, 0.2) is 0 Å². The highest BCUT2D eigenvalue weighted by atomic mass is 32.1. The van der Waals surface area contributed by atoms with Crippen molar-refractivity contribution in [1.29, 1.82) is 0 Å². The molecule has 0 bridgehead atoms. The van der Waals surface area contributed by atoms with E-state index in [2.05, 4.69) is 14.3 Å². The molecule has 0 radical (unpaired) electrons. The Hall–Kier alpha value is -0.720. The fourth-order valence-corrected chi connectivity index (χ4v) is 2.74. The highest BCUT2D eigenvalue weighted by Gasteiger charge is 2.32. The van der Waals surface area contributed by atoms with Gasteiger partial charge in [-0.1, -0.05) is 6.92 Å². The average molecular weight is 242 g/mol. The van der Waals surface area contributed by atoms with Crippen LogP contribution in [-0.2, 0) is 6.42 Å². The predicted molar refractivity (Wildman–Crippen MR) is 64.7 cm³/mol. The van der Waals surface area contributed by atoms with Gasteiger partial charge in [-0.05, 0) is 12.8 Å². The smallest absolute Gasteiger partial charge is 0.205 e. The van der Waals surface area contributed by atoms with E-state index in [1.165, 1.54) is 11.5 Å². The molecule has 1 aromatic heterocycles. The zero-order valence-corrected chi connectivity index (χ0v) is 10.3. The van der Waals surface area contributed by atoms with Crippen molar-refractivity contribution in [3.8, 4) is 0 Å². The Morgan fingerprint density at radius 2 is 2.44 bits per heavy atom. The maximum absolute atomic E-state index is 9.28. The number of nitrogens with two attached hydrogens (primary N) is 1. The van der Waals surface area contributed by atoms with E-state index in [0.29, 0.717) is 6.54 Å². The van der Waals surface area contributed by atoms with Gasteiger partial charge in [0.05, 0.1) is 12.1 Å². The summed E-state index contributed by atoms with van der Waals surface area (Å²) in [5.41, 5.74) is 5.61. The van der Waals surface area contributed by atoms with Crippen LogP contribution in [0.3, 0.4) is 0 Å². The topological polar surface area (TPSA) is 75.3 Å². The molecule has 1 unspecified atom stereocenters. The van der Waals surface area contributed by atoms with Crippen LogP contribution in [0.1, 0.15) is 25.6 Å². The third-order valence-corrected chi connectivity index (χ3v) is 3.78. The molecular formula is C10H18N4OS. The number of hydrogen-bond acceptors (Lipinski definition) is 6. The van der Waals surface area contributed by atoms with Crippen molar-refractivity contribution in [3.05, 3.63) is 5.82 Å². The standard InChI is InChI=1S/C10H18N4OS/c1-2-8-12-9(16-13-8)14-5-3-4-10(11,6-14)7-15/h15H,2-7,11H2,1H3. The summed E-state index contributed by atoms with van der Waals surface area (Å²) in [6.45, 7) is 3.70. The van der Waals surface area contributed by atoms with E-state index in [1.54, 1.807) is 0 Å². The number of aromatic nitrogens is 2. The van der Waals surface area contributed by atoms with Gasteiger partial charge in [-0.3, -0.25) is 0 Å². The third-order valence-electron chi connectivity index (χ3n) is 2.97. The van der Waals surface area contributed by atoms with Crippen LogP contribution in [0, 0.1) is 0 Å². The first-order valence-corrected chi connectivity index (χ1v) is 6.41. The number of aliphatic hydroxyl groups is 1. The number of rotatable bonds is 3. The molecule has 0 aliphatic carbocycles. The summed E-state index contributed by atoms with van der Waals surface area (Å²) in [5.74, 6) is 0.886. The van der Waals surface area contributed by atoms with E-state index in [-0.39, 0.29) is 6.61 Å². The van der Waals surface area contributed by atoms with E-state index < -0.39 is 5.54 Å². The molecule has 2 rings (SSSR count). The SMILES string of the molecule is CCc1nsc(N2CCCC(N)(CO)C2)n1. The minimum atomic E-state index is -0.476. The summed E-state index contributed by atoms with van der Waals surface area (Å²) in [5, 5.41) is 10.2. The minimum Gasteiger partial charge on any atom is -0.394 e. The fourth-order valence-electron chi connectivity index (χ4n) is 1.97. The lowest BCUT2D eigenvalue weighted by Crippen LogP contribution is -2.56. The molecule has 90 valence electrons. The van der Waals surface area contributed by atoms with Crippen LogP contribution in [0.4, 0.5) is 5.13 Å². The van der Waals surface area contributed by atoms with Gasteiger partial charge in [0, 0.05) is 31.0 Å². The Morgan fingerprint density at radius 1 is 1.62 bits per heavy atom. The van der Waals surface area contributed by atoms with Gasteiger partial charge >= 0.3 is 0 Å². The van der Waals surface area contributed by atoms with Gasteiger partial charge in [-0.15, -0.1) is 0 Å². The van der Waals surface area contributed by atoms with Crippen molar-refractivity contribution in [2.24, 2.45) is 5.73 Å². The van der Waals surface area contributed by atoms with Gasteiger partial charge in [0.2, 0.25) is 5.13 Å². The van der Waals surface area contributed by atoms with Gasteiger partial charge in [0.25, 0.3) is 0 Å². The lowest BCUT2D eigenvalue weighted by Gasteiger charge is -2.38. The number of nitrogens with zero attached hydrogens (tertiary/aromatic N) is 3. The molecule has 3 N–H and O–H groups in total. The molecule has 0 spiro atoms. The zero-order chi connectivity index (χ0) is 11.6. The van der Waals surface area contributed by atoms with Gasteiger partial charge in [-0.2, -0.15) is 4.37 Å². The second-order valence-electron chi connectivity index (χ2n) is 4.39. The van der Waals surface area contributed by atoms with Crippen molar-refractivity contribution in [2.75, 3.05) is 24.6 Å². The van der Waals surface area contributed by atoms with Crippen molar-refractivity contribution in [1.82, 2.24) is 9.36 Å². The fraction of sp³-hybridized carbons (Fsp3) is 0.800. The van der Waals surface area contributed by atoms with Crippen molar-refractivity contribution >= 4 is 16.7 Å². The summed E-state index contributed by atoms with van der Waals surface area (Å²) in [6.07, 6.45) is 2.73. The van der Waals surface area contributed by atoms with E-state index >= 15 is 0 Å². The minimum absolute atomic E-state index is 0.0307. The summed E-state index contributed by atoms with van der Waals surface area (Å²) in [7, 11) is 0. The number of piperidine rings is 1. The molecule has 0 amide bonds. The monoisotopic (exact) mass is 242 g/mol. The third kappa shape index (κ3) is 2.34. The van der Waals surface area contributed by atoms with Crippen LogP contribution in [0.5, 0.6) is 0 Å². The largest absolute Gasteiger partial charge is 0.394 e. The first-order chi connectivity index (χ1) is 7.67. The Balaban J connectivity index is 2.09. The van der Waals surface area contributed by atoms with Crippen LogP contribution in [0.15, 0.2) is 0 Å². The summed E-state index contributed by atoms with van der Waals surface area (Å²) in [6, 6.07) is 0. The van der Waals surface area contributed by atoms with Gasteiger partial charge in [0.1, 0.15) is 5.82 Å². The lowest BCUT2D eigenvalue weighted by atomic mass is 9.91. The quantitative estimate of drug-likeness (QED) is 0.802. The predicted octanol–water partition coefficient (Wildman–Crippen LogP) is 0.390. The second-order valence-corrected chi connectivity index (χ2v) is 5.12. The summed E-state index contributed by atoms with van der Waals surface area (Å²) in [4.78, 5) is 6.58. The first-order valence-electron chi connectivity index (χ1n) is 5.64. The molecule has 1 atom stereocenters. The Bertz CT molecular complexity index is 356. The molecule has 5 nitrogen and oxygen atoms in total. The van der Waals surface area contributed by atoms with Gasteiger partial charge < -0.3 is 15.7 Å². The molecule has 0 saturated carbocycles. The maximum atomic E-state index is 9.28. The zero-order valence-electron chi connectivity index (χ0n) is 9.52. The normalized spacial score (nSPS) is 26.1. The highest BCUT2D eigenvalue weighted by Crippen LogP contribution is 2.25. The average Bonchev–Trinajstić information content (AvgIpc) is 2.78. The molecule has 1 saturated heterocycles. The van der Waals surface area contributed by atoms with Crippen LogP contribution in [0.25, 0.3) is 0 Å². The van der Waals surface area contributed by atoms with Crippen LogP contribution < -0.4 is 10.6 Å². The number of aryl methyl sites for hydroxylation is 1. The first kappa shape index (κ1) is 11.8. The van der Waals surface area contributed by atoms with E-state index in [4.69, 9.17) is 5.73 Å². The van der Waals surface area contributed by atoms with E-state index in [0.717, 1.165) is 36.8 Å². The number of anilines is 1. The van der Waals surface area contributed by atoms with Crippen LogP contribution in [-0.4, -0.2) is 39.7 Å². The molecule has 1 fully saturated rings. The molecular weight excluding hydrogens is 224 g/mol. The molecule has 1 aromatic rings. The Labute approximate surface area is 99.5 Å². The highest BCUT2D eigenvalue weighted by molar-refractivity contribution is 7.09. The Kier molecular flexibility index (Phi) is 3.41. The van der Waals surface area contributed by atoms with Gasteiger partial charge in [-0.25, -0.2) is 4.98 Å². The van der Waals surface area contributed by atoms with Crippen LogP contribution >= 0.6 is 11.5 Å².